The third kappa shape index (κ3) is 5.60. The van der Waals surface area contributed by atoms with Crippen LogP contribution in [0.5, 0.6) is 5.75 Å². The lowest BCUT2D eigenvalue weighted by atomic mass is 9.99. The van der Waals surface area contributed by atoms with Gasteiger partial charge in [-0.2, -0.15) is 0 Å². The van der Waals surface area contributed by atoms with Crippen molar-refractivity contribution in [1.29, 1.82) is 0 Å². The number of amides is 2. The van der Waals surface area contributed by atoms with Gasteiger partial charge in [0.15, 0.2) is 0 Å². The lowest BCUT2D eigenvalue weighted by Crippen LogP contribution is -2.49. The van der Waals surface area contributed by atoms with Crippen molar-refractivity contribution in [3.05, 3.63) is 89.2 Å². The summed E-state index contributed by atoms with van der Waals surface area (Å²) in [7, 11) is 5.29. The van der Waals surface area contributed by atoms with E-state index in [2.05, 4.69) is 20.5 Å². The quantitative estimate of drug-likeness (QED) is 0.548. The number of hydrogen-bond donors (Lipinski definition) is 2. The van der Waals surface area contributed by atoms with Crippen molar-refractivity contribution in [2.75, 3.05) is 46.2 Å². The Morgan fingerprint density at radius 1 is 1.09 bits per heavy atom. The van der Waals surface area contributed by atoms with E-state index in [0.717, 1.165) is 23.4 Å². The van der Waals surface area contributed by atoms with E-state index in [4.69, 9.17) is 4.74 Å². The van der Waals surface area contributed by atoms with Crippen LogP contribution >= 0.6 is 0 Å². The van der Waals surface area contributed by atoms with Gasteiger partial charge in [0.25, 0.3) is 11.8 Å². The second-order valence-corrected chi connectivity index (χ2v) is 8.58. The molecule has 0 spiro atoms. The molecule has 0 saturated carbocycles. The smallest absolute Gasteiger partial charge is 0.254 e. The molecule has 0 radical (unpaired) electrons. The Kier molecular flexibility index (Phi) is 7.62. The van der Waals surface area contributed by atoms with Gasteiger partial charge in [-0.1, -0.05) is 18.2 Å². The van der Waals surface area contributed by atoms with Gasteiger partial charge in [-0.15, -0.1) is 0 Å². The summed E-state index contributed by atoms with van der Waals surface area (Å²) in [6.45, 7) is 2.48. The molecule has 0 aliphatic carbocycles. The molecule has 0 bridgehead atoms. The highest BCUT2D eigenvalue weighted by Gasteiger charge is 2.29. The van der Waals surface area contributed by atoms with Crippen molar-refractivity contribution in [2.24, 2.45) is 0 Å². The van der Waals surface area contributed by atoms with Crippen LogP contribution in [0.2, 0.25) is 0 Å². The summed E-state index contributed by atoms with van der Waals surface area (Å²) in [6.07, 6.45) is 3.54. The van der Waals surface area contributed by atoms with Gasteiger partial charge in [0.1, 0.15) is 5.75 Å². The molecule has 8 heteroatoms. The summed E-state index contributed by atoms with van der Waals surface area (Å²) in [5.41, 5.74) is 4.02. The van der Waals surface area contributed by atoms with Gasteiger partial charge >= 0.3 is 0 Å². The summed E-state index contributed by atoms with van der Waals surface area (Å²) >= 11 is 0. The molecule has 1 saturated heterocycles. The predicted octanol–water partition coefficient (Wildman–Crippen LogP) is 3.19. The first-order valence-corrected chi connectivity index (χ1v) is 11.6. The number of carbonyl (C=O) groups is 2. The monoisotopic (exact) mass is 473 g/mol. The Morgan fingerprint density at radius 2 is 1.94 bits per heavy atom. The van der Waals surface area contributed by atoms with Crippen LogP contribution in [0.1, 0.15) is 37.9 Å². The fourth-order valence-electron chi connectivity index (χ4n) is 4.31. The third-order valence-corrected chi connectivity index (χ3v) is 6.35. The Bertz CT molecular complexity index is 1180. The molecule has 4 rings (SSSR count). The first-order chi connectivity index (χ1) is 17.0. The fourth-order valence-corrected chi connectivity index (χ4v) is 4.31. The minimum absolute atomic E-state index is 0.00118. The molecule has 1 aliphatic rings. The van der Waals surface area contributed by atoms with Gasteiger partial charge in [0, 0.05) is 56.7 Å². The zero-order valence-corrected chi connectivity index (χ0v) is 20.3. The minimum Gasteiger partial charge on any atom is -0.495 e. The third-order valence-electron chi connectivity index (χ3n) is 6.35. The zero-order chi connectivity index (χ0) is 24.8. The first kappa shape index (κ1) is 24.2. The first-order valence-electron chi connectivity index (χ1n) is 11.6. The normalized spacial score (nSPS) is 16.0. The number of benzene rings is 2. The van der Waals surface area contributed by atoms with E-state index >= 15 is 0 Å². The highest BCUT2D eigenvalue weighted by atomic mass is 16.5. The number of anilines is 1. The number of nitrogens with zero attached hydrogens (tertiary/aromatic N) is 3. The van der Waals surface area contributed by atoms with Crippen LogP contribution in [0, 0.1) is 0 Å². The van der Waals surface area contributed by atoms with E-state index < -0.39 is 0 Å². The average Bonchev–Trinajstić information content (AvgIpc) is 2.91. The molecule has 1 aromatic heterocycles. The number of carbonyl (C=O) groups excluding carboxylic acids is 2. The van der Waals surface area contributed by atoms with Crippen molar-refractivity contribution in [1.82, 2.24) is 20.1 Å². The number of methoxy groups -OCH3 is 1. The van der Waals surface area contributed by atoms with Gasteiger partial charge < -0.3 is 20.3 Å². The van der Waals surface area contributed by atoms with E-state index in [1.54, 1.807) is 38.7 Å². The second-order valence-electron chi connectivity index (χ2n) is 8.58. The van der Waals surface area contributed by atoms with Gasteiger partial charge in [-0.05, 0) is 54.6 Å². The lowest BCUT2D eigenvalue weighted by molar-refractivity contribution is 0.0545. The van der Waals surface area contributed by atoms with Gasteiger partial charge in [0.05, 0.1) is 18.8 Å². The molecule has 8 nitrogen and oxygen atoms in total. The molecule has 2 heterocycles. The van der Waals surface area contributed by atoms with E-state index in [1.165, 1.54) is 0 Å². The number of piperazine rings is 1. The number of ether oxygens (including phenoxy) is 1. The average molecular weight is 474 g/mol. The molecule has 1 aliphatic heterocycles. The van der Waals surface area contributed by atoms with Crippen LogP contribution in [0.3, 0.4) is 0 Å². The maximum Gasteiger partial charge on any atom is 0.254 e. The number of pyridine rings is 1. The van der Waals surface area contributed by atoms with Crippen LogP contribution in [0.25, 0.3) is 0 Å². The molecule has 3 aromatic rings. The van der Waals surface area contributed by atoms with E-state index in [-0.39, 0.29) is 17.9 Å². The molecule has 1 fully saturated rings. The van der Waals surface area contributed by atoms with Crippen LogP contribution in [-0.4, -0.2) is 67.4 Å². The van der Waals surface area contributed by atoms with Crippen molar-refractivity contribution in [3.8, 4) is 5.75 Å². The minimum atomic E-state index is -0.122. The van der Waals surface area contributed by atoms with Crippen LogP contribution in [0.15, 0.2) is 67.0 Å². The Hall–Kier alpha value is -3.91. The highest BCUT2D eigenvalue weighted by Crippen LogP contribution is 2.29. The van der Waals surface area contributed by atoms with Gasteiger partial charge in [0.2, 0.25) is 0 Å². The topological polar surface area (TPSA) is 86.8 Å². The summed E-state index contributed by atoms with van der Waals surface area (Å²) in [4.78, 5) is 33.9. The Morgan fingerprint density at radius 3 is 2.69 bits per heavy atom. The molecule has 0 unspecified atom stereocenters. The summed E-state index contributed by atoms with van der Waals surface area (Å²) < 4.78 is 5.50. The largest absolute Gasteiger partial charge is 0.495 e. The number of nitrogens with one attached hydrogen (secondary N) is 2. The molecular formula is C27H31N5O3. The van der Waals surface area contributed by atoms with Gasteiger partial charge in [-0.3, -0.25) is 19.5 Å². The van der Waals surface area contributed by atoms with Crippen molar-refractivity contribution in [2.45, 2.75) is 12.6 Å². The van der Waals surface area contributed by atoms with Gasteiger partial charge in [-0.25, -0.2) is 0 Å². The molecule has 2 amide bonds. The standard InChI is InChI=1S/C27H31N5O3/c1-28-26(33)21-8-4-7-20(14-21)24-18-32(13-12-31(24)2)27(34)22-9-10-25(35-3)23(15-22)30-17-19-6-5-11-29-16-19/h4-11,14-16,24,30H,12-13,17-18H2,1-3H3,(H,28,33)/t24-/m1/s1. The van der Waals surface area contributed by atoms with E-state index in [9.17, 15) is 9.59 Å². The molecular weight excluding hydrogens is 442 g/mol. The molecule has 2 aromatic carbocycles. The maximum absolute atomic E-state index is 13.5. The molecule has 35 heavy (non-hydrogen) atoms. The number of hydrogen-bond acceptors (Lipinski definition) is 6. The lowest BCUT2D eigenvalue weighted by Gasteiger charge is -2.40. The predicted molar refractivity (Wildman–Crippen MR) is 136 cm³/mol. The number of aromatic nitrogens is 1. The van der Waals surface area contributed by atoms with E-state index in [0.29, 0.717) is 36.5 Å². The fraction of sp³-hybridized carbons (Fsp3) is 0.296. The second kappa shape index (κ2) is 11.0. The van der Waals surface area contributed by atoms with Crippen molar-refractivity contribution in [3.63, 3.8) is 0 Å². The SMILES string of the molecule is CNC(=O)c1cccc([C@H]2CN(C(=O)c3ccc(OC)c(NCc4cccnc4)c3)CCN2C)c1. The highest BCUT2D eigenvalue weighted by molar-refractivity contribution is 5.96. The zero-order valence-electron chi connectivity index (χ0n) is 20.3. The Labute approximate surface area is 205 Å². The molecule has 1 atom stereocenters. The van der Waals surface area contributed by atoms with E-state index in [1.807, 2.05) is 54.4 Å². The summed E-state index contributed by atoms with van der Waals surface area (Å²) in [5.74, 6) is 0.521. The van der Waals surface area contributed by atoms with Crippen LogP contribution in [0.4, 0.5) is 5.69 Å². The van der Waals surface area contributed by atoms with Crippen LogP contribution in [-0.2, 0) is 6.54 Å². The van der Waals surface area contributed by atoms with Crippen molar-refractivity contribution < 1.29 is 14.3 Å². The molecule has 2 N–H and O–H groups in total. The van der Waals surface area contributed by atoms with Crippen LogP contribution < -0.4 is 15.4 Å². The molecule has 182 valence electrons. The maximum atomic E-state index is 13.5. The Balaban J connectivity index is 1.52. The number of likely N-dealkylation sites (N-methyl/N-ethyl adjacent to an activating group) is 1. The summed E-state index contributed by atoms with van der Waals surface area (Å²) in [6, 6.07) is 16.9. The number of rotatable bonds is 7. The van der Waals surface area contributed by atoms with Crippen molar-refractivity contribution >= 4 is 17.5 Å². The summed E-state index contributed by atoms with van der Waals surface area (Å²) in [5, 5.41) is 6.03.